The van der Waals surface area contributed by atoms with Crippen LogP contribution in [0, 0.1) is 12.7 Å². The number of hydrogen-bond acceptors (Lipinski definition) is 2. The number of benzene rings is 2. The molecule has 0 fully saturated rings. The molecule has 0 aliphatic heterocycles. The number of hydrogen-bond donors (Lipinski definition) is 2. The Balaban J connectivity index is 1.94. The Bertz CT molecular complexity index is 640. The second kappa shape index (κ2) is 6.88. The lowest BCUT2D eigenvalue weighted by molar-refractivity contribution is -0.114. The summed E-state index contributed by atoms with van der Waals surface area (Å²) >= 11 is 0. The fraction of sp³-hybridized carbons (Fsp3) is 0.235. The van der Waals surface area contributed by atoms with E-state index in [0.29, 0.717) is 11.3 Å². The van der Waals surface area contributed by atoms with Crippen molar-refractivity contribution >= 4 is 17.3 Å². The molecule has 21 heavy (non-hydrogen) atoms. The van der Waals surface area contributed by atoms with Gasteiger partial charge in [0.05, 0.1) is 6.54 Å². The molecule has 0 heterocycles. The molecule has 2 aromatic rings. The molecule has 2 rings (SSSR count). The van der Waals surface area contributed by atoms with Gasteiger partial charge in [-0.05, 0) is 42.7 Å². The number of halogens is 1. The third-order valence-corrected chi connectivity index (χ3v) is 3.30. The number of aryl methyl sites for hydroxylation is 2. The maximum Gasteiger partial charge on any atom is 0.243 e. The van der Waals surface area contributed by atoms with Crippen LogP contribution >= 0.6 is 0 Å². The van der Waals surface area contributed by atoms with Crippen molar-refractivity contribution in [1.29, 1.82) is 0 Å². The smallest absolute Gasteiger partial charge is 0.243 e. The van der Waals surface area contributed by atoms with Crippen molar-refractivity contribution in [1.82, 2.24) is 0 Å². The zero-order valence-corrected chi connectivity index (χ0v) is 12.2. The molecule has 4 heteroatoms. The molecule has 0 aliphatic rings. The van der Waals surface area contributed by atoms with E-state index in [0.717, 1.165) is 17.7 Å². The maximum absolute atomic E-state index is 13.4. The van der Waals surface area contributed by atoms with Gasteiger partial charge in [-0.15, -0.1) is 0 Å². The number of amides is 1. The fourth-order valence-electron chi connectivity index (χ4n) is 2.03. The van der Waals surface area contributed by atoms with Crippen LogP contribution < -0.4 is 10.6 Å². The van der Waals surface area contributed by atoms with E-state index < -0.39 is 0 Å². The molecule has 0 saturated heterocycles. The van der Waals surface area contributed by atoms with Gasteiger partial charge in [-0.3, -0.25) is 4.79 Å². The Morgan fingerprint density at radius 2 is 1.95 bits per heavy atom. The van der Waals surface area contributed by atoms with Crippen molar-refractivity contribution in [2.75, 3.05) is 17.2 Å². The number of nitrogens with one attached hydrogen (secondary N) is 2. The van der Waals surface area contributed by atoms with Crippen LogP contribution in [-0.4, -0.2) is 12.5 Å². The highest BCUT2D eigenvalue weighted by Crippen LogP contribution is 2.16. The number of carbonyl (C=O) groups is 1. The second-order valence-electron chi connectivity index (χ2n) is 4.88. The molecule has 0 bridgehead atoms. The van der Waals surface area contributed by atoms with Gasteiger partial charge in [-0.2, -0.15) is 0 Å². The van der Waals surface area contributed by atoms with Gasteiger partial charge in [0, 0.05) is 11.4 Å². The summed E-state index contributed by atoms with van der Waals surface area (Å²) in [5, 5.41) is 5.78. The molecule has 2 N–H and O–H groups in total. The average Bonchev–Trinajstić information content (AvgIpc) is 2.49. The predicted octanol–water partition coefficient (Wildman–Crippen LogP) is 3.75. The minimum absolute atomic E-state index is 0.0978. The molecule has 1 amide bonds. The van der Waals surface area contributed by atoms with Crippen LogP contribution in [0.1, 0.15) is 18.1 Å². The molecule has 0 spiro atoms. The quantitative estimate of drug-likeness (QED) is 0.879. The molecular formula is C17H19FN2O. The van der Waals surface area contributed by atoms with E-state index >= 15 is 0 Å². The first-order valence-corrected chi connectivity index (χ1v) is 6.98. The van der Waals surface area contributed by atoms with Crippen molar-refractivity contribution in [2.45, 2.75) is 20.3 Å². The minimum Gasteiger partial charge on any atom is -0.376 e. The van der Waals surface area contributed by atoms with Gasteiger partial charge in [0.2, 0.25) is 5.91 Å². The van der Waals surface area contributed by atoms with E-state index in [1.807, 2.05) is 31.2 Å². The lowest BCUT2D eigenvalue weighted by atomic mass is 10.1. The molecule has 0 radical (unpaired) electrons. The largest absolute Gasteiger partial charge is 0.376 e. The molecule has 0 saturated carbocycles. The zero-order chi connectivity index (χ0) is 15.2. The van der Waals surface area contributed by atoms with Gasteiger partial charge in [-0.1, -0.05) is 31.2 Å². The molecule has 2 aromatic carbocycles. The van der Waals surface area contributed by atoms with Crippen molar-refractivity contribution in [2.24, 2.45) is 0 Å². The Labute approximate surface area is 124 Å². The highest BCUT2D eigenvalue weighted by Gasteiger charge is 2.06. The molecule has 0 aliphatic carbocycles. The molecule has 0 unspecified atom stereocenters. The topological polar surface area (TPSA) is 41.1 Å². The monoisotopic (exact) mass is 286 g/mol. The third-order valence-electron chi connectivity index (χ3n) is 3.30. The van der Waals surface area contributed by atoms with Crippen molar-refractivity contribution in [3.8, 4) is 0 Å². The van der Waals surface area contributed by atoms with E-state index in [2.05, 4.69) is 10.6 Å². The molecule has 110 valence electrons. The van der Waals surface area contributed by atoms with Crippen molar-refractivity contribution in [3.05, 3.63) is 59.4 Å². The summed E-state index contributed by atoms with van der Waals surface area (Å²) in [5.41, 5.74) is 3.09. The first kappa shape index (κ1) is 15.0. The summed E-state index contributed by atoms with van der Waals surface area (Å²) in [4.78, 5) is 11.9. The number of para-hydroxylation sites is 1. The van der Waals surface area contributed by atoms with Crippen molar-refractivity contribution in [3.63, 3.8) is 0 Å². The molecule has 0 aromatic heterocycles. The van der Waals surface area contributed by atoms with Crippen LogP contribution in [0.5, 0.6) is 0 Å². The standard InChI is InChI=1S/C17H19FN2O/c1-3-13-6-4-5-7-16(13)20-17(21)11-19-14-9-8-12(2)15(18)10-14/h4-10,19H,3,11H2,1-2H3,(H,20,21). The van der Waals surface area contributed by atoms with Gasteiger partial charge in [-0.25, -0.2) is 4.39 Å². The lowest BCUT2D eigenvalue weighted by Crippen LogP contribution is -2.22. The Kier molecular flexibility index (Phi) is 4.93. The van der Waals surface area contributed by atoms with E-state index in [9.17, 15) is 9.18 Å². The summed E-state index contributed by atoms with van der Waals surface area (Å²) in [6, 6.07) is 12.5. The van der Waals surface area contributed by atoms with Crippen LogP contribution in [0.3, 0.4) is 0 Å². The van der Waals surface area contributed by atoms with E-state index in [4.69, 9.17) is 0 Å². The van der Waals surface area contributed by atoms with Crippen LogP contribution in [0.15, 0.2) is 42.5 Å². The molecule has 3 nitrogen and oxygen atoms in total. The second-order valence-corrected chi connectivity index (χ2v) is 4.88. The highest BCUT2D eigenvalue weighted by atomic mass is 19.1. The highest BCUT2D eigenvalue weighted by molar-refractivity contribution is 5.94. The summed E-state index contributed by atoms with van der Waals surface area (Å²) in [7, 11) is 0. The Morgan fingerprint density at radius 3 is 2.67 bits per heavy atom. The summed E-state index contributed by atoms with van der Waals surface area (Å²) < 4.78 is 13.4. The van der Waals surface area contributed by atoms with Crippen LogP contribution in [0.4, 0.5) is 15.8 Å². The predicted molar refractivity (Wildman–Crippen MR) is 84.1 cm³/mol. The SMILES string of the molecule is CCc1ccccc1NC(=O)CNc1ccc(C)c(F)c1. The summed E-state index contributed by atoms with van der Waals surface area (Å²) in [6.45, 7) is 3.84. The summed E-state index contributed by atoms with van der Waals surface area (Å²) in [6.07, 6.45) is 0.854. The van der Waals surface area contributed by atoms with Crippen molar-refractivity contribution < 1.29 is 9.18 Å². The summed E-state index contributed by atoms with van der Waals surface area (Å²) in [5.74, 6) is -0.436. The van der Waals surface area contributed by atoms with Gasteiger partial charge in [0.1, 0.15) is 5.82 Å². The first-order chi connectivity index (χ1) is 10.1. The lowest BCUT2D eigenvalue weighted by Gasteiger charge is -2.11. The number of carbonyl (C=O) groups excluding carboxylic acids is 1. The molecule has 0 atom stereocenters. The number of rotatable bonds is 5. The number of anilines is 2. The third kappa shape index (κ3) is 4.05. The van der Waals surface area contributed by atoms with Gasteiger partial charge >= 0.3 is 0 Å². The van der Waals surface area contributed by atoms with Crippen LogP contribution in [0.25, 0.3) is 0 Å². The van der Waals surface area contributed by atoms with Crippen LogP contribution in [0.2, 0.25) is 0 Å². The molecular weight excluding hydrogens is 267 g/mol. The van der Waals surface area contributed by atoms with Crippen LogP contribution in [-0.2, 0) is 11.2 Å². The zero-order valence-electron chi connectivity index (χ0n) is 12.2. The fourth-order valence-corrected chi connectivity index (χ4v) is 2.03. The van der Waals surface area contributed by atoms with E-state index in [1.165, 1.54) is 6.07 Å². The van der Waals surface area contributed by atoms with E-state index in [-0.39, 0.29) is 18.3 Å². The Morgan fingerprint density at radius 1 is 1.19 bits per heavy atom. The van der Waals surface area contributed by atoms with Gasteiger partial charge < -0.3 is 10.6 Å². The van der Waals surface area contributed by atoms with Gasteiger partial charge in [0.15, 0.2) is 0 Å². The first-order valence-electron chi connectivity index (χ1n) is 6.98. The van der Waals surface area contributed by atoms with Gasteiger partial charge in [0.25, 0.3) is 0 Å². The average molecular weight is 286 g/mol. The minimum atomic E-state index is -0.281. The maximum atomic E-state index is 13.4. The Hall–Kier alpha value is -2.36. The van der Waals surface area contributed by atoms with E-state index in [1.54, 1.807) is 19.1 Å². The normalized spacial score (nSPS) is 10.2.